The molecule has 2 aliphatic heterocycles. The topological polar surface area (TPSA) is 75.7 Å². The smallest absolute Gasteiger partial charge is 0.262 e. The van der Waals surface area contributed by atoms with E-state index in [1.807, 2.05) is 6.92 Å². The van der Waals surface area contributed by atoms with Crippen molar-refractivity contribution in [2.75, 3.05) is 11.9 Å². The summed E-state index contributed by atoms with van der Waals surface area (Å²) in [6.45, 7) is 2.36. The summed E-state index contributed by atoms with van der Waals surface area (Å²) in [5.41, 5.74) is 0.775. The van der Waals surface area contributed by atoms with Crippen molar-refractivity contribution in [1.29, 1.82) is 0 Å². The van der Waals surface area contributed by atoms with Crippen molar-refractivity contribution in [1.82, 2.24) is 10.2 Å². The minimum atomic E-state index is -0.312. The van der Waals surface area contributed by atoms with Gasteiger partial charge in [0.15, 0.2) is 0 Å². The van der Waals surface area contributed by atoms with Crippen molar-refractivity contribution in [2.45, 2.75) is 38.3 Å². The average Bonchev–Trinajstić information content (AvgIpc) is 2.80. The number of rotatable bonds is 5. The molecular weight excluding hydrogens is 376 g/mol. The number of hydrogen-bond acceptors (Lipinski definition) is 4. The van der Waals surface area contributed by atoms with E-state index in [4.69, 9.17) is 4.74 Å². The molecule has 1 N–H and O–H groups in total. The number of hydrogen-bond donors (Lipinski definition) is 1. The summed E-state index contributed by atoms with van der Waals surface area (Å²) in [7, 11) is 0. The summed E-state index contributed by atoms with van der Waals surface area (Å²) in [6, 6.07) is 4.44. The van der Waals surface area contributed by atoms with E-state index in [1.165, 1.54) is 4.90 Å². The minimum absolute atomic E-state index is 0.0437. The summed E-state index contributed by atoms with van der Waals surface area (Å²) in [4.78, 5) is 38.1. The SMILES string of the molecule is CC1NC(=O)CCC1N1C(=O)c2ccc(OCCCBr)cc2C1=O. The van der Waals surface area contributed by atoms with Crippen LogP contribution in [-0.4, -0.2) is 46.6 Å². The largest absolute Gasteiger partial charge is 0.494 e. The Kier molecular flexibility index (Phi) is 4.89. The van der Waals surface area contributed by atoms with Crippen molar-refractivity contribution < 1.29 is 19.1 Å². The number of fused-ring (bicyclic) bond motifs is 1. The Morgan fingerprint density at radius 3 is 2.71 bits per heavy atom. The second kappa shape index (κ2) is 6.93. The summed E-state index contributed by atoms with van der Waals surface area (Å²) in [6.07, 6.45) is 1.67. The number of nitrogens with one attached hydrogen (secondary N) is 1. The predicted molar refractivity (Wildman–Crippen MR) is 91.5 cm³/mol. The highest BCUT2D eigenvalue weighted by Gasteiger charge is 2.43. The lowest BCUT2D eigenvalue weighted by Crippen LogP contribution is -2.55. The molecule has 0 aromatic heterocycles. The number of piperidine rings is 1. The van der Waals surface area contributed by atoms with Crippen LogP contribution in [0.1, 0.15) is 46.9 Å². The number of halogens is 1. The van der Waals surface area contributed by atoms with Crippen molar-refractivity contribution in [3.63, 3.8) is 0 Å². The fourth-order valence-electron chi connectivity index (χ4n) is 3.18. The second-order valence-corrected chi connectivity index (χ2v) is 6.83. The Morgan fingerprint density at radius 1 is 1.25 bits per heavy atom. The highest BCUT2D eigenvalue weighted by Crippen LogP contribution is 2.31. The van der Waals surface area contributed by atoms with Crippen LogP contribution in [0.3, 0.4) is 0 Å². The average molecular weight is 395 g/mol. The molecule has 0 bridgehead atoms. The normalized spacial score (nSPS) is 23.2. The number of ether oxygens (including phenoxy) is 1. The molecule has 2 heterocycles. The standard InChI is InChI=1S/C17H19BrN2O4/c1-10-14(5-6-15(21)19-10)20-16(22)12-4-3-11(24-8-2-7-18)9-13(12)17(20)23/h3-4,9-10,14H,2,5-8H2,1H3,(H,19,21). The van der Waals surface area contributed by atoms with Gasteiger partial charge in [0.2, 0.25) is 5.91 Å². The summed E-state index contributed by atoms with van der Waals surface area (Å²) >= 11 is 3.34. The van der Waals surface area contributed by atoms with Crippen LogP contribution in [0.2, 0.25) is 0 Å². The lowest BCUT2D eigenvalue weighted by atomic mass is 9.98. The number of carbonyl (C=O) groups is 3. The molecule has 0 saturated carbocycles. The van der Waals surface area contributed by atoms with Crippen LogP contribution in [0, 0.1) is 0 Å². The Balaban J connectivity index is 1.81. The van der Waals surface area contributed by atoms with Gasteiger partial charge in [-0.3, -0.25) is 19.3 Å². The van der Waals surface area contributed by atoms with Gasteiger partial charge >= 0.3 is 0 Å². The Labute approximate surface area is 148 Å². The minimum Gasteiger partial charge on any atom is -0.494 e. The van der Waals surface area contributed by atoms with E-state index in [0.717, 1.165) is 11.8 Å². The first-order chi connectivity index (χ1) is 11.5. The van der Waals surface area contributed by atoms with E-state index in [2.05, 4.69) is 21.2 Å². The third-order valence-corrected chi connectivity index (χ3v) is 4.96. The maximum Gasteiger partial charge on any atom is 0.262 e. The van der Waals surface area contributed by atoms with Gasteiger partial charge in [0.25, 0.3) is 11.8 Å². The van der Waals surface area contributed by atoms with E-state index in [9.17, 15) is 14.4 Å². The first kappa shape index (κ1) is 17.0. The first-order valence-corrected chi connectivity index (χ1v) is 9.15. The molecule has 24 heavy (non-hydrogen) atoms. The van der Waals surface area contributed by atoms with Crippen molar-refractivity contribution in [3.05, 3.63) is 29.3 Å². The number of benzene rings is 1. The monoisotopic (exact) mass is 394 g/mol. The van der Waals surface area contributed by atoms with Crippen LogP contribution in [0.25, 0.3) is 0 Å². The summed E-state index contributed by atoms with van der Waals surface area (Å²) in [5, 5.41) is 3.65. The molecule has 128 valence electrons. The van der Waals surface area contributed by atoms with E-state index in [-0.39, 0.29) is 29.8 Å². The molecule has 0 spiro atoms. The molecule has 1 fully saturated rings. The summed E-state index contributed by atoms with van der Waals surface area (Å²) < 4.78 is 5.60. The maximum atomic E-state index is 12.7. The molecule has 6 nitrogen and oxygen atoms in total. The van der Waals surface area contributed by atoms with Crippen molar-refractivity contribution >= 4 is 33.7 Å². The van der Waals surface area contributed by atoms with Crippen LogP contribution < -0.4 is 10.1 Å². The molecular formula is C17H19BrN2O4. The highest BCUT2D eigenvalue weighted by molar-refractivity contribution is 9.09. The second-order valence-electron chi connectivity index (χ2n) is 6.04. The molecule has 3 amide bonds. The van der Waals surface area contributed by atoms with Gasteiger partial charge in [0.05, 0.1) is 23.8 Å². The van der Waals surface area contributed by atoms with Crippen LogP contribution in [0.15, 0.2) is 18.2 Å². The van der Waals surface area contributed by atoms with Crippen LogP contribution in [0.5, 0.6) is 5.75 Å². The number of nitrogens with zero attached hydrogens (tertiary/aromatic N) is 1. The van der Waals surface area contributed by atoms with Gasteiger partial charge in [-0.05, 0) is 38.0 Å². The highest BCUT2D eigenvalue weighted by atomic mass is 79.9. The molecule has 1 aromatic rings. The van der Waals surface area contributed by atoms with Gasteiger partial charge in [-0.15, -0.1) is 0 Å². The zero-order valence-electron chi connectivity index (χ0n) is 13.4. The van der Waals surface area contributed by atoms with E-state index < -0.39 is 0 Å². The van der Waals surface area contributed by atoms with Gasteiger partial charge < -0.3 is 10.1 Å². The van der Waals surface area contributed by atoms with Crippen LogP contribution >= 0.6 is 15.9 Å². The third-order valence-electron chi connectivity index (χ3n) is 4.40. The molecule has 1 aromatic carbocycles. The summed E-state index contributed by atoms with van der Waals surface area (Å²) in [5.74, 6) is -0.0653. The first-order valence-electron chi connectivity index (χ1n) is 8.03. The van der Waals surface area contributed by atoms with Crippen molar-refractivity contribution in [3.8, 4) is 5.75 Å². The quantitative estimate of drug-likeness (QED) is 0.471. The fraction of sp³-hybridized carbons (Fsp3) is 0.471. The zero-order chi connectivity index (χ0) is 17.3. The Hall–Kier alpha value is -1.89. The number of amides is 3. The van der Waals surface area contributed by atoms with Gasteiger partial charge in [-0.2, -0.15) is 0 Å². The lowest BCUT2D eigenvalue weighted by molar-refractivity contribution is -0.124. The van der Waals surface area contributed by atoms with E-state index >= 15 is 0 Å². The third kappa shape index (κ3) is 3.05. The molecule has 2 atom stereocenters. The molecule has 2 aliphatic rings. The molecule has 0 radical (unpaired) electrons. The predicted octanol–water partition coefficient (Wildman–Crippen LogP) is 2.11. The van der Waals surface area contributed by atoms with Crippen LogP contribution in [0.4, 0.5) is 0 Å². The molecule has 2 unspecified atom stereocenters. The Morgan fingerprint density at radius 2 is 2.00 bits per heavy atom. The van der Waals surface area contributed by atoms with E-state index in [1.54, 1.807) is 18.2 Å². The molecule has 7 heteroatoms. The molecule has 3 rings (SSSR count). The van der Waals surface area contributed by atoms with Gasteiger partial charge in [-0.1, -0.05) is 15.9 Å². The fourth-order valence-corrected chi connectivity index (χ4v) is 3.41. The van der Waals surface area contributed by atoms with Gasteiger partial charge in [0.1, 0.15) is 5.75 Å². The molecule has 0 aliphatic carbocycles. The number of carbonyl (C=O) groups excluding carboxylic acids is 3. The Bertz CT molecular complexity index is 691. The zero-order valence-corrected chi connectivity index (χ0v) is 15.0. The van der Waals surface area contributed by atoms with Crippen molar-refractivity contribution in [2.24, 2.45) is 0 Å². The lowest BCUT2D eigenvalue weighted by Gasteiger charge is -2.35. The maximum absolute atomic E-state index is 12.7. The van der Waals surface area contributed by atoms with Gasteiger partial charge in [-0.25, -0.2) is 0 Å². The van der Waals surface area contributed by atoms with Gasteiger partial charge in [0, 0.05) is 17.8 Å². The molecule has 1 saturated heterocycles. The number of alkyl halides is 1. The van der Waals surface area contributed by atoms with E-state index in [0.29, 0.717) is 36.3 Å². The van der Waals surface area contributed by atoms with Crippen LogP contribution in [-0.2, 0) is 4.79 Å². The number of imide groups is 1.